The fraction of sp³-hybridized carbons (Fsp3) is 0.625. The Kier molecular flexibility index (Phi) is 5.66. The molecule has 1 aromatic heterocycles. The number of nitrogens with one attached hydrogen (secondary N) is 2. The molecule has 10 heteroatoms. The van der Waals surface area contributed by atoms with Crippen molar-refractivity contribution in [3.63, 3.8) is 0 Å². The lowest BCUT2D eigenvalue weighted by Crippen LogP contribution is -2.34. The van der Waals surface area contributed by atoms with E-state index in [-0.39, 0.29) is 5.75 Å². The summed E-state index contributed by atoms with van der Waals surface area (Å²) < 4.78 is 36.0. The first kappa shape index (κ1) is 15.0. The minimum atomic E-state index is -4.39. The molecule has 0 fully saturated rings. The molecule has 0 aromatic carbocycles. The lowest BCUT2D eigenvalue weighted by molar-refractivity contribution is -0.136. The highest BCUT2D eigenvalue weighted by atomic mass is 32.2. The summed E-state index contributed by atoms with van der Waals surface area (Å²) in [4.78, 5) is 11.1. The summed E-state index contributed by atoms with van der Waals surface area (Å²) in [6.45, 7) is 1.29. The van der Waals surface area contributed by atoms with Crippen LogP contribution in [0.2, 0.25) is 0 Å². The van der Waals surface area contributed by atoms with Crippen molar-refractivity contribution in [1.82, 2.24) is 15.5 Å². The minimum absolute atomic E-state index is 0.114. The van der Waals surface area contributed by atoms with Crippen molar-refractivity contribution in [1.29, 1.82) is 0 Å². The molecule has 0 aliphatic heterocycles. The van der Waals surface area contributed by atoms with Crippen LogP contribution >= 0.6 is 23.1 Å². The van der Waals surface area contributed by atoms with Crippen LogP contribution in [-0.4, -0.2) is 41.1 Å². The van der Waals surface area contributed by atoms with Gasteiger partial charge in [0.15, 0.2) is 4.34 Å². The molecular weight excluding hydrogens is 289 g/mol. The second-order valence-electron chi connectivity index (χ2n) is 3.08. The van der Waals surface area contributed by atoms with Gasteiger partial charge in [-0.05, 0) is 6.92 Å². The topological polar surface area (TPSA) is 66.9 Å². The molecular formula is C8H11F3N4OS2. The smallest absolute Gasteiger partial charge is 0.360 e. The van der Waals surface area contributed by atoms with Crippen molar-refractivity contribution < 1.29 is 18.0 Å². The normalized spacial score (nSPS) is 11.3. The SMILES string of the molecule is CCNc1nnc(SCC(=O)NCC(F)(F)F)s1. The lowest BCUT2D eigenvalue weighted by atomic mass is 10.6. The Morgan fingerprint density at radius 1 is 1.44 bits per heavy atom. The maximum absolute atomic E-state index is 11.8. The van der Waals surface area contributed by atoms with Gasteiger partial charge in [0.25, 0.3) is 0 Å². The third-order valence-corrected chi connectivity index (χ3v) is 3.56. The van der Waals surface area contributed by atoms with Crippen LogP contribution in [0.5, 0.6) is 0 Å². The summed E-state index contributed by atoms with van der Waals surface area (Å²) in [5.74, 6) is -0.797. The summed E-state index contributed by atoms with van der Waals surface area (Å²) >= 11 is 2.30. The highest BCUT2D eigenvalue weighted by molar-refractivity contribution is 8.01. The number of rotatable bonds is 6. The molecule has 0 bridgehead atoms. The van der Waals surface area contributed by atoms with Gasteiger partial charge in [-0.1, -0.05) is 23.1 Å². The molecule has 18 heavy (non-hydrogen) atoms. The zero-order valence-electron chi connectivity index (χ0n) is 9.37. The van der Waals surface area contributed by atoms with E-state index >= 15 is 0 Å². The van der Waals surface area contributed by atoms with E-state index in [4.69, 9.17) is 0 Å². The molecule has 0 unspecified atom stereocenters. The van der Waals surface area contributed by atoms with Crippen LogP contribution in [0.4, 0.5) is 18.3 Å². The monoisotopic (exact) mass is 300 g/mol. The van der Waals surface area contributed by atoms with Gasteiger partial charge in [-0.15, -0.1) is 10.2 Å². The van der Waals surface area contributed by atoms with Crippen molar-refractivity contribution in [2.45, 2.75) is 17.4 Å². The van der Waals surface area contributed by atoms with Gasteiger partial charge in [-0.25, -0.2) is 0 Å². The second kappa shape index (κ2) is 6.78. The van der Waals surface area contributed by atoms with Crippen LogP contribution in [0.1, 0.15) is 6.92 Å². The Morgan fingerprint density at radius 2 is 2.17 bits per heavy atom. The second-order valence-corrected chi connectivity index (χ2v) is 5.28. The predicted octanol–water partition coefficient (Wildman–Crippen LogP) is 1.74. The van der Waals surface area contributed by atoms with Gasteiger partial charge < -0.3 is 10.6 Å². The number of alkyl halides is 3. The number of anilines is 1. The molecule has 1 aromatic rings. The summed E-state index contributed by atoms with van der Waals surface area (Å²) in [7, 11) is 0. The molecule has 0 spiro atoms. The fourth-order valence-corrected chi connectivity index (χ4v) is 2.52. The zero-order valence-corrected chi connectivity index (χ0v) is 11.0. The van der Waals surface area contributed by atoms with E-state index < -0.39 is 18.6 Å². The quantitative estimate of drug-likeness (QED) is 0.783. The van der Waals surface area contributed by atoms with E-state index in [9.17, 15) is 18.0 Å². The maximum atomic E-state index is 11.8. The van der Waals surface area contributed by atoms with Gasteiger partial charge >= 0.3 is 6.18 Å². The zero-order chi connectivity index (χ0) is 13.6. The van der Waals surface area contributed by atoms with Gasteiger partial charge in [0.05, 0.1) is 5.75 Å². The van der Waals surface area contributed by atoms with E-state index in [0.717, 1.165) is 11.8 Å². The average Bonchev–Trinajstić information content (AvgIpc) is 2.71. The molecule has 0 saturated heterocycles. The number of hydrogen-bond donors (Lipinski definition) is 2. The van der Waals surface area contributed by atoms with E-state index in [1.807, 2.05) is 6.92 Å². The predicted molar refractivity (Wildman–Crippen MR) is 63.9 cm³/mol. The van der Waals surface area contributed by atoms with Crippen LogP contribution in [0.25, 0.3) is 0 Å². The first-order valence-electron chi connectivity index (χ1n) is 4.94. The van der Waals surface area contributed by atoms with Gasteiger partial charge in [0, 0.05) is 6.54 Å². The Balaban J connectivity index is 2.29. The number of amides is 1. The number of aromatic nitrogens is 2. The first-order chi connectivity index (χ1) is 8.40. The van der Waals surface area contributed by atoms with Crippen molar-refractivity contribution in [3.8, 4) is 0 Å². The summed E-state index contributed by atoms with van der Waals surface area (Å²) in [5, 5.41) is 12.9. The van der Waals surface area contributed by atoms with E-state index in [1.54, 1.807) is 5.32 Å². The van der Waals surface area contributed by atoms with Crippen molar-refractivity contribution in [2.24, 2.45) is 0 Å². The number of hydrogen-bond acceptors (Lipinski definition) is 6. The summed E-state index contributed by atoms with van der Waals surface area (Å²) in [5.41, 5.74) is 0. The number of nitrogens with zero attached hydrogens (tertiary/aromatic N) is 2. The Morgan fingerprint density at radius 3 is 2.78 bits per heavy atom. The Hall–Kier alpha value is -1.03. The number of carbonyl (C=O) groups excluding carboxylic acids is 1. The van der Waals surface area contributed by atoms with Crippen LogP contribution in [-0.2, 0) is 4.79 Å². The molecule has 0 atom stereocenters. The molecule has 0 aliphatic carbocycles. The van der Waals surface area contributed by atoms with Crippen molar-refractivity contribution in [2.75, 3.05) is 24.2 Å². The molecule has 1 amide bonds. The summed E-state index contributed by atoms with van der Waals surface area (Å²) in [6.07, 6.45) is -4.39. The third-order valence-electron chi connectivity index (χ3n) is 1.55. The number of halogens is 3. The van der Waals surface area contributed by atoms with Crippen LogP contribution in [0.3, 0.4) is 0 Å². The molecule has 0 radical (unpaired) electrons. The molecule has 5 nitrogen and oxygen atoms in total. The van der Waals surface area contributed by atoms with E-state index in [1.165, 1.54) is 11.3 Å². The number of carbonyl (C=O) groups is 1. The molecule has 102 valence electrons. The Bertz CT molecular complexity index is 396. The molecule has 1 rings (SSSR count). The molecule has 2 N–H and O–H groups in total. The van der Waals surface area contributed by atoms with Crippen LogP contribution in [0.15, 0.2) is 4.34 Å². The average molecular weight is 300 g/mol. The molecule has 1 heterocycles. The maximum Gasteiger partial charge on any atom is 0.405 e. The van der Waals surface area contributed by atoms with Crippen LogP contribution in [0, 0.1) is 0 Å². The summed E-state index contributed by atoms with van der Waals surface area (Å²) in [6, 6.07) is 0. The van der Waals surface area contributed by atoms with Gasteiger partial charge in [0.2, 0.25) is 11.0 Å². The first-order valence-corrected chi connectivity index (χ1v) is 6.74. The van der Waals surface area contributed by atoms with E-state index in [0.29, 0.717) is 16.0 Å². The molecule has 0 saturated carbocycles. The lowest BCUT2D eigenvalue weighted by Gasteiger charge is -2.07. The van der Waals surface area contributed by atoms with Crippen LogP contribution < -0.4 is 10.6 Å². The third kappa shape index (κ3) is 6.05. The van der Waals surface area contributed by atoms with Crippen molar-refractivity contribution >= 4 is 34.1 Å². The standard InChI is InChI=1S/C8H11F3N4OS2/c1-2-12-6-14-15-7(18-6)17-3-5(16)13-4-8(9,10)11/h2-4H2,1H3,(H,12,14)(H,13,16). The van der Waals surface area contributed by atoms with Gasteiger partial charge in [-0.3, -0.25) is 4.79 Å². The minimum Gasteiger partial charge on any atom is -0.360 e. The van der Waals surface area contributed by atoms with Crippen molar-refractivity contribution in [3.05, 3.63) is 0 Å². The highest BCUT2D eigenvalue weighted by Crippen LogP contribution is 2.25. The number of thioether (sulfide) groups is 1. The van der Waals surface area contributed by atoms with Gasteiger partial charge in [-0.2, -0.15) is 13.2 Å². The molecule has 0 aliphatic rings. The van der Waals surface area contributed by atoms with E-state index in [2.05, 4.69) is 15.5 Å². The van der Waals surface area contributed by atoms with Gasteiger partial charge in [0.1, 0.15) is 6.54 Å². The fourth-order valence-electron chi connectivity index (χ4n) is 0.868. The largest absolute Gasteiger partial charge is 0.405 e. The highest BCUT2D eigenvalue weighted by Gasteiger charge is 2.27. The Labute approximate surface area is 110 Å².